The van der Waals surface area contributed by atoms with Gasteiger partial charge in [0.25, 0.3) is 0 Å². The molecule has 1 saturated heterocycles. The lowest BCUT2D eigenvalue weighted by molar-refractivity contribution is -0.165. The van der Waals surface area contributed by atoms with Crippen LogP contribution in [0.2, 0.25) is 0 Å². The number of esters is 1. The molecule has 2 aliphatic heterocycles. The SMILES string of the molecule is COc1ccc2c3c1O[C@H]1CC[C@H](OC(C)=O)[C@H]4[C@@H](C2)N(C)CC[C@@]341. The van der Waals surface area contributed by atoms with Crippen LogP contribution in [0.4, 0.5) is 0 Å². The number of likely N-dealkylation sites (N-methyl/N-ethyl adjacent to an activating group) is 1. The number of carbonyl (C=O) groups excluding carboxylic acids is 1. The van der Waals surface area contributed by atoms with Gasteiger partial charge in [-0.05, 0) is 50.9 Å². The van der Waals surface area contributed by atoms with Crippen LogP contribution < -0.4 is 9.47 Å². The van der Waals surface area contributed by atoms with Crippen molar-refractivity contribution in [3.8, 4) is 11.5 Å². The van der Waals surface area contributed by atoms with Crippen LogP contribution in [0.5, 0.6) is 11.5 Å². The predicted molar refractivity (Wildman–Crippen MR) is 92.1 cm³/mol. The van der Waals surface area contributed by atoms with Crippen molar-refractivity contribution in [2.45, 2.75) is 56.3 Å². The maximum absolute atomic E-state index is 11.7. The molecule has 1 saturated carbocycles. The van der Waals surface area contributed by atoms with E-state index in [4.69, 9.17) is 14.2 Å². The molecule has 1 spiro atoms. The zero-order chi connectivity index (χ0) is 17.3. The Morgan fingerprint density at radius 1 is 1.36 bits per heavy atom. The van der Waals surface area contributed by atoms with Gasteiger partial charge in [0, 0.05) is 29.9 Å². The van der Waals surface area contributed by atoms with Crippen LogP contribution >= 0.6 is 0 Å². The van der Waals surface area contributed by atoms with Crippen LogP contribution in [0.15, 0.2) is 12.1 Å². The van der Waals surface area contributed by atoms with Crippen molar-refractivity contribution in [3.63, 3.8) is 0 Å². The first-order chi connectivity index (χ1) is 12.1. The van der Waals surface area contributed by atoms with E-state index in [0.717, 1.165) is 43.7 Å². The maximum Gasteiger partial charge on any atom is 0.302 e. The van der Waals surface area contributed by atoms with Crippen molar-refractivity contribution in [2.24, 2.45) is 5.92 Å². The number of piperidine rings is 1. The standard InChI is InChI=1S/C20H25NO4/c1-11(22)24-14-6-7-16-20-8-9-21(2)13(18(14)20)10-12-4-5-15(23-3)19(25-16)17(12)20/h4-5,13-14,16,18H,6-10H2,1-3H3/t13-,14+,16+,18-,20-/m1/s1. The van der Waals surface area contributed by atoms with Crippen LogP contribution in [0.25, 0.3) is 0 Å². The largest absolute Gasteiger partial charge is 0.493 e. The fourth-order valence-electron chi connectivity index (χ4n) is 6.19. The molecule has 0 radical (unpaired) electrons. The minimum Gasteiger partial charge on any atom is -0.493 e. The summed E-state index contributed by atoms with van der Waals surface area (Å²) in [4.78, 5) is 14.2. The van der Waals surface area contributed by atoms with Gasteiger partial charge in [-0.1, -0.05) is 6.07 Å². The molecular weight excluding hydrogens is 318 g/mol. The Bertz CT molecular complexity index is 747. The van der Waals surface area contributed by atoms with Gasteiger partial charge in [-0.2, -0.15) is 0 Å². The van der Waals surface area contributed by atoms with Crippen molar-refractivity contribution >= 4 is 5.97 Å². The lowest BCUT2D eigenvalue weighted by atomic mass is 9.51. The maximum atomic E-state index is 11.7. The van der Waals surface area contributed by atoms with E-state index in [2.05, 4.69) is 18.0 Å². The minimum atomic E-state index is -0.170. The van der Waals surface area contributed by atoms with Crippen LogP contribution in [0, 0.1) is 5.92 Å². The summed E-state index contributed by atoms with van der Waals surface area (Å²) in [6.07, 6.45) is 4.01. The molecule has 5 rings (SSSR count). The molecule has 2 aliphatic carbocycles. The number of ether oxygens (including phenoxy) is 3. The van der Waals surface area contributed by atoms with Crippen molar-refractivity contribution in [3.05, 3.63) is 23.3 Å². The van der Waals surface area contributed by atoms with Gasteiger partial charge in [-0.15, -0.1) is 0 Å². The molecule has 4 aliphatic rings. The number of carbonyl (C=O) groups is 1. The van der Waals surface area contributed by atoms with E-state index in [0.29, 0.717) is 12.0 Å². The summed E-state index contributed by atoms with van der Waals surface area (Å²) in [6.45, 7) is 2.59. The molecule has 0 unspecified atom stereocenters. The third kappa shape index (κ3) is 1.85. The summed E-state index contributed by atoms with van der Waals surface area (Å²) in [5.74, 6) is 1.91. The zero-order valence-electron chi connectivity index (χ0n) is 15.1. The van der Waals surface area contributed by atoms with Gasteiger partial charge in [-0.25, -0.2) is 0 Å². The normalized spacial score (nSPS) is 37.9. The Morgan fingerprint density at radius 3 is 2.96 bits per heavy atom. The van der Waals surface area contributed by atoms with E-state index in [1.807, 2.05) is 6.07 Å². The summed E-state index contributed by atoms with van der Waals surface area (Å²) >= 11 is 0. The molecule has 0 aromatic heterocycles. The number of methoxy groups -OCH3 is 1. The smallest absolute Gasteiger partial charge is 0.302 e. The first kappa shape index (κ1) is 15.5. The van der Waals surface area contributed by atoms with Gasteiger partial charge in [0.2, 0.25) is 0 Å². The van der Waals surface area contributed by atoms with E-state index < -0.39 is 0 Å². The Hall–Kier alpha value is -1.75. The first-order valence-corrected chi connectivity index (χ1v) is 9.30. The minimum absolute atomic E-state index is 0.0181. The highest BCUT2D eigenvalue weighted by molar-refractivity contribution is 5.66. The van der Waals surface area contributed by atoms with E-state index >= 15 is 0 Å². The monoisotopic (exact) mass is 343 g/mol. The molecule has 2 fully saturated rings. The second-order valence-electron chi connectivity index (χ2n) is 8.03. The number of benzene rings is 1. The van der Waals surface area contributed by atoms with Gasteiger partial charge in [0.15, 0.2) is 11.5 Å². The van der Waals surface area contributed by atoms with Gasteiger partial charge in [0.05, 0.1) is 7.11 Å². The second-order valence-corrected chi connectivity index (χ2v) is 8.03. The van der Waals surface area contributed by atoms with Crippen molar-refractivity contribution in [1.82, 2.24) is 4.90 Å². The molecular formula is C20H25NO4. The molecule has 5 atom stereocenters. The van der Waals surface area contributed by atoms with Gasteiger partial charge in [0.1, 0.15) is 12.2 Å². The molecule has 1 aromatic rings. The highest BCUT2D eigenvalue weighted by Crippen LogP contribution is 2.64. The number of rotatable bonds is 2. The second kappa shape index (κ2) is 5.13. The fraction of sp³-hybridized carbons (Fsp3) is 0.650. The average molecular weight is 343 g/mol. The quantitative estimate of drug-likeness (QED) is 0.771. The Morgan fingerprint density at radius 2 is 2.20 bits per heavy atom. The Labute approximate surface area is 148 Å². The lowest BCUT2D eigenvalue weighted by Crippen LogP contribution is -2.67. The molecule has 25 heavy (non-hydrogen) atoms. The molecule has 5 nitrogen and oxygen atoms in total. The zero-order valence-corrected chi connectivity index (χ0v) is 15.1. The van der Waals surface area contributed by atoms with Crippen LogP contribution in [-0.4, -0.2) is 49.8 Å². The van der Waals surface area contributed by atoms with E-state index in [-0.39, 0.29) is 23.6 Å². The lowest BCUT2D eigenvalue weighted by Gasteiger charge is -2.59. The number of nitrogens with zero attached hydrogens (tertiary/aromatic N) is 1. The average Bonchev–Trinajstić information content (AvgIpc) is 2.92. The van der Waals surface area contributed by atoms with E-state index in [1.165, 1.54) is 18.1 Å². The molecule has 0 N–H and O–H groups in total. The molecule has 0 amide bonds. The van der Waals surface area contributed by atoms with Gasteiger partial charge < -0.3 is 19.1 Å². The predicted octanol–water partition coefficient (Wildman–Crippen LogP) is 2.30. The first-order valence-electron chi connectivity index (χ1n) is 9.30. The van der Waals surface area contributed by atoms with Crippen molar-refractivity contribution in [2.75, 3.05) is 20.7 Å². The molecule has 2 bridgehead atoms. The summed E-state index contributed by atoms with van der Waals surface area (Å²) in [7, 11) is 3.91. The molecule has 134 valence electrons. The Kier molecular flexibility index (Phi) is 3.18. The summed E-state index contributed by atoms with van der Waals surface area (Å²) in [5, 5.41) is 0. The Balaban J connectivity index is 1.72. The van der Waals surface area contributed by atoms with Gasteiger partial charge in [-0.3, -0.25) is 4.79 Å². The number of hydrogen-bond donors (Lipinski definition) is 0. The molecule has 1 aromatic carbocycles. The van der Waals surface area contributed by atoms with E-state index in [9.17, 15) is 4.79 Å². The third-order valence-corrected chi connectivity index (χ3v) is 7.04. The highest BCUT2D eigenvalue weighted by Gasteiger charge is 2.66. The van der Waals surface area contributed by atoms with Crippen LogP contribution in [-0.2, 0) is 21.4 Å². The fourth-order valence-corrected chi connectivity index (χ4v) is 6.19. The molecule has 5 heteroatoms. The summed E-state index contributed by atoms with van der Waals surface area (Å²) < 4.78 is 17.9. The summed E-state index contributed by atoms with van der Waals surface area (Å²) in [5.41, 5.74) is 2.70. The molecule has 2 heterocycles. The third-order valence-electron chi connectivity index (χ3n) is 7.04. The van der Waals surface area contributed by atoms with Crippen molar-refractivity contribution < 1.29 is 19.0 Å². The number of hydrogen-bond acceptors (Lipinski definition) is 5. The number of likely N-dealkylation sites (tertiary alicyclic amines) is 1. The van der Waals surface area contributed by atoms with Crippen LogP contribution in [0.3, 0.4) is 0 Å². The van der Waals surface area contributed by atoms with Crippen molar-refractivity contribution in [1.29, 1.82) is 0 Å². The summed E-state index contributed by atoms with van der Waals surface area (Å²) in [6, 6.07) is 4.65. The van der Waals surface area contributed by atoms with Crippen LogP contribution in [0.1, 0.15) is 37.3 Å². The van der Waals surface area contributed by atoms with E-state index in [1.54, 1.807) is 7.11 Å². The topological polar surface area (TPSA) is 48.0 Å². The van der Waals surface area contributed by atoms with Gasteiger partial charge >= 0.3 is 5.97 Å². The highest BCUT2D eigenvalue weighted by atomic mass is 16.5.